The molecule has 3 N–H and O–H groups in total. The molecule has 1 aromatic carbocycles. The van der Waals surface area contributed by atoms with E-state index in [0.29, 0.717) is 18.4 Å². The van der Waals surface area contributed by atoms with E-state index in [1.54, 1.807) is 6.20 Å². The fourth-order valence-electron chi connectivity index (χ4n) is 4.42. The van der Waals surface area contributed by atoms with Gasteiger partial charge >= 0.3 is 0 Å². The lowest BCUT2D eigenvalue weighted by Crippen LogP contribution is -2.52. The first-order valence-electron chi connectivity index (χ1n) is 10.9. The van der Waals surface area contributed by atoms with Crippen LogP contribution < -0.4 is 15.5 Å². The van der Waals surface area contributed by atoms with Gasteiger partial charge in [-0.2, -0.15) is 4.98 Å². The van der Waals surface area contributed by atoms with Crippen molar-refractivity contribution in [3.63, 3.8) is 0 Å². The lowest BCUT2D eigenvalue weighted by molar-refractivity contribution is 0.148. The highest BCUT2D eigenvalue weighted by Gasteiger charge is 2.35. The first kappa shape index (κ1) is 20.4. The Morgan fingerprint density at radius 3 is 2.69 bits per heavy atom. The van der Waals surface area contributed by atoms with E-state index in [1.165, 1.54) is 18.2 Å². The van der Waals surface area contributed by atoms with E-state index in [9.17, 15) is 9.50 Å². The third kappa shape index (κ3) is 4.43. The van der Waals surface area contributed by atoms with Crippen molar-refractivity contribution in [2.45, 2.75) is 25.7 Å². The summed E-state index contributed by atoms with van der Waals surface area (Å²) in [5, 5.41) is 16.3. The zero-order valence-corrected chi connectivity index (χ0v) is 17.7. The average molecular weight is 436 g/mol. The van der Waals surface area contributed by atoms with Crippen LogP contribution in [0.25, 0.3) is 0 Å². The molecule has 0 spiro atoms. The number of hydrogen-bond acceptors (Lipinski definition) is 8. The summed E-state index contributed by atoms with van der Waals surface area (Å²) in [6, 6.07) is 10.2. The van der Waals surface area contributed by atoms with Crippen molar-refractivity contribution in [3.05, 3.63) is 66.4 Å². The van der Waals surface area contributed by atoms with Crippen LogP contribution in [0.1, 0.15) is 18.4 Å². The minimum Gasteiger partial charge on any atom is -0.493 e. The molecule has 1 fully saturated rings. The molecule has 9 heteroatoms. The second kappa shape index (κ2) is 8.96. The highest BCUT2D eigenvalue weighted by atomic mass is 19.1. The minimum atomic E-state index is -0.221. The number of nitrogens with zero attached hydrogens (tertiary/aromatic N) is 5. The van der Waals surface area contributed by atoms with Crippen LogP contribution in [-0.4, -0.2) is 50.9 Å². The number of piperidine rings is 1. The summed E-state index contributed by atoms with van der Waals surface area (Å²) in [4.78, 5) is 17.2. The van der Waals surface area contributed by atoms with Crippen LogP contribution in [0.15, 0.2) is 55.0 Å². The van der Waals surface area contributed by atoms with Crippen LogP contribution in [0.3, 0.4) is 0 Å². The molecule has 0 saturated carbocycles. The van der Waals surface area contributed by atoms with Crippen molar-refractivity contribution in [2.24, 2.45) is 5.92 Å². The Morgan fingerprint density at radius 1 is 1.09 bits per heavy atom. The highest BCUT2D eigenvalue weighted by molar-refractivity contribution is 5.74. The van der Waals surface area contributed by atoms with Crippen molar-refractivity contribution in [1.82, 2.24) is 19.9 Å². The molecule has 8 nitrogen and oxygen atoms in total. The minimum absolute atomic E-state index is 0.0278. The monoisotopic (exact) mass is 435 g/mol. The molecule has 32 heavy (non-hydrogen) atoms. The molecule has 1 saturated heterocycles. The Bertz CT molecular complexity index is 1060. The zero-order valence-electron chi connectivity index (χ0n) is 17.7. The number of nitrogens with one attached hydrogen (secondary N) is 2. The van der Waals surface area contributed by atoms with Gasteiger partial charge in [0.15, 0.2) is 6.29 Å². The van der Waals surface area contributed by atoms with E-state index in [0.717, 1.165) is 49.4 Å². The standard InChI is InChI=1S/C23H26FN7O/c24-18-3-1-17(2-4-18)15-31-20-5-9-25-14-19(20)28-23(31)30-11-7-16(8-12-30)13-27-22-26-10-6-21(32)29-22/h1-6,9-10,14,16,23,28H,7-8,11-13,15H2,(H2,26,27,29,32). The van der Waals surface area contributed by atoms with Gasteiger partial charge in [-0.3, -0.25) is 9.88 Å². The fourth-order valence-corrected chi connectivity index (χ4v) is 4.42. The summed E-state index contributed by atoms with van der Waals surface area (Å²) < 4.78 is 13.4. The van der Waals surface area contributed by atoms with Crippen LogP contribution in [0.5, 0.6) is 5.88 Å². The van der Waals surface area contributed by atoms with Gasteiger partial charge in [-0.25, -0.2) is 9.37 Å². The van der Waals surface area contributed by atoms with Gasteiger partial charge in [-0.1, -0.05) is 12.1 Å². The van der Waals surface area contributed by atoms with Gasteiger partial charge in [0, 0.05) is 44.6 Å². The van der Waals surface area contributed by atoms with E-state index >= 15 is 0 Å². The molecular weight excluding hydrogens is 409 g/mol. The van der Waals surface area contributed by atoms with Crippen molar-refractivity contribution < 1.29 is 9.50 Å². The Labute approximate surface area is 186 Å². The van der Waals surface area contributed by atoms with Gasteiger partial charge in [0.2, 0.25) is 11.8 Å². The van der Waals surface area contributed by atoms with Crippen molar-refractivity contribution in [3.8, 4) is 5.88 Å². The van der Waals surface area contributed by atoms with Gasteiger partial charge in [-0.05, 0) is 42.5 Å². The number of rotatable bonds is 6. The average Bonchev–Trinajstić information content (AvgIpc) is 3.18. The summed E-state index contributed by atoms with van der Waals surface area (Å²) in [6.07, 6.45) is 7.33. The van der Waals surface area contributed by atoms with Gasteiger partial charge in [0.1, 0.15) is 5.82 Å². The molecule has 2 aliphatic heterocycles. The number of pyridine rings is 1. The van der Waals surface area contributed by atoms with Crippen LogP contribution >= 0.6 is 0 Å². The number of benzene rings is 1. The Balaban J connectivity index is 1.23. The maximum Gasteiger partial charge on any atom is 0.225 e. The fraction of sp³-hybridized carbons (Fsp3) is 0.348. The normalized spacial score (nSPS) is 18.9. The predicted octanol–water partition coefficient (Wildman–Crippen LogP) is 3.26. The van der Waals surface area contributed by atoms with Crippen molar-refractivity contribution in [2.75, 3.05) is 35.2 Å². The molecule has 166 valence electrons. The number of halogens is 1. The molecule has 0 aliphatic carbocycles. The van der Waals surface area contributed by atoms with Crippen LogP contribution in [-0.2, 0) is 6.54 Å². The number of anilines is 3. The predicted molar refractivity (Wildman–Crippen MR) is 121 cm³/mol. The maximum atomic E-state index is 13.4. The Hall–Kier alpha value is -3.46. The molecule has 5 rings (SSSR count). The number of hydrogen-bond donors (Lipinski definition) is 3. The SMILES string of the molecule is Oc1ccnc(NCC2CCN(C3Nc4cnccc4N3Cc3ccc(F)cc3)CC2)n1. The first-order valence-corrected chi connectivity index (χ1v) is 10.9. The summed E-state index contributed by atoms with van der Waals surface area (Å²) in [7, 11) is 0. The summed E-state index contributed by atoms with van der Waals surface area (Å²) >= 11 is 0. The number of likely N-dealkylation sites (tertiary alicyclic amines) is 1. The van der Waals surface area contributed by atoms with Gasteiger partial charge < -0.3 is 20.6 Å². The van der Waals surface area contributed by atoms with E-state index in [1.807, 2.05) is 30.6 Å². The molecule has 0 radical (unpaired) electrons. The van der Waals surface area contributed by atoms with E-state index in [4.69, 9.17) is 0 Å². The van der Waals surface area contributed by atoms with Crippen LogP contribution in [0, 0.1) is 11.7 Å². The molecule has 4 heterocycles. The summed E-state index contributed by atoms with van der Waals surface area (Å²) in [6.45, 7) is 3.36. The van der Waals surface area contributed by atoms with E-state index < -0.39 is 0 Å². The number of fused-ring (bicyclic) bond motifs is 1. The first-order chi connectivity index (χ1) is 15.7. The topological polar surface area (TPSA) is 89.4 Å². The van der Waals surface area contributed by atoms with E-state index in [-0.39, 0.29) is 18.0 Å². The molecule has 0 bridgehead atoms. The van der Waals surface area contributed by atoms with Gasteiger partial charge in [0.25, 0.3) is 0 Å². The maximum absolute atomic E-state index is 13.4. The molecule has 1 unspecified atom stereocenters. The molecule has 0 amide bonds. The number of aromatic nitrogens is 3. The Kier molecular flexibility index (Phi) is 5.72. The van der Waals surface area contributed by atoms with E-state index in [2.05, 4.69) is 35.4 Å². The van der Waals surface area contributed by atoms with Crippen LogP contribution in [0.4, 0.5) is 21.7 Å². The van der Waals surface area contributed by atoms with Gasteiger partial charge in [0.05, 0.1) is 17.6 Å². The summed E-state index contributed by atoms with van der Waals surface area (Å²) in [5.74, 6) is 0.715. The second-order valence-corrected chi connectivity index (χ2v) is 8.26. The quantitative estimate of drug-likeness (QED) is 0.544. The molecule has 3 aromatic rings. The van der Waals surface area contributed by atoms with Crippen molar-refractivity contribution >= 4 is 17.3 Å². The highest BCUT2D eigenvalue weighted by Crippen LogP contribution is 2.37. The van der Waals surface area contributed by atoms with Gasteiger partial charge in [-0.15, -0.1) is 0 Å². The summed E-state index contributed by atoms with van der Waals surface area (Å²) in [5.41, 5.74) is 3.19. The van der Waals surface area contributed by atoms with Crippen LogP contribution in [0.2, 0.25) is 0 Å². The second-order valence-electron chi connectivity index (χ2n) is 8.26. The molecule has 2 aliphatic rings. The lowest BCUT2D eigenvalue weighted by atomic mass is 9.97. The molecular formula is C23H26FN7O. The molecule has 1 atom stereocenters. The number of aromatic hydroxyl groups is 1. The third-order valence-electron chi connectivity index (χ3n) is 6.14. The Morgan fingerprint density at radius 2 is 1.91 bits per heavy atom. The van der Waals surface area contributed by atoms with Crippen molar-refractivity contribution in [1.29, 1.82) is 0 Å². The lowest BCUT2D eigenvalue weighted by Gasteiger charge is -2.40. The smallest absolute Gasteiger partial charge is 0.225 e. The molecule has 2 aromatic heterocycles. The zero-order chi connectivity index (χ0) is 21.9. The third-order valence-corrected chi connectivity index (χ3v) is 6.14. The largest absolute Gasteiger partial charge is 0.493 e.